The van der Waals surface area contributed by atoms with Crippen molar-refractivity contribution in [1.82, 2.24) is 14.5 Å². The van der Waals surface area contributed by atoms with Gasteiger partial charge in [-0.25, -0.2) is 9.97 Å². The zero-order chi connectivity index (χ0) is 13.4. The molecule has 0 saturated heterocycles. The first-order valence-corrected chi connectivity index (χ1v) is 7.99. The monoisotopic (exact) mass is 355 g/mol. The van der Waals surface area contributed by atoms with E-state index in [1.807, 2.05) is 19.1 Å². The summed E-state index contributed by atoms with van der Waals surface area (Å²) in [4.78, 5) is 9.07. The Bertz CT molecular complexity index is 735. The minimum Gasteiger partial charge on any atom is -0.320 e. The molecule has 0 atom stereocenters. The smallest absolute Gasteiger partial charge is 0.125 e. The summed E-state index contributed by atoms with van der Waals surface area (Å²) in [5, 5.41) is 3.13. The van der Waals surface area contributed by atoms with Gasteiger partial charge in [0.25, 0.3) is 0 Å². The van der Waals surface area contributed by atoms with E-state index in [-0.39, 0.29) is 0 Å². The summed E-state index contributed by atoms with van der Waals surface area (Å²) in [5.74, 6) is 1.28. The van der Waals surface area contributed by atoms with Crippen LogP contribution in [0.3, 0.4) is 0 Å². The van der Waals surface area contributed by atoms with Gasteiger partial charge in [-0.2, -0.15) is 0 Å². The van der Waals surface area contributed by atoms with Gasteiger partial charge in [0.05, 0.1) is 23.5 Å². The van der Waals surface area contributed by atoms with E-state index in [0.717, 1.165) is 32.0 Å². The normalized spacial score (nSPS) is 11.3. The summed E-state index contributed by atoms with van der Waals surface area (Å²) in [6, 6.07) is 6.06. The molecule has 0 aliphatic rings. The number of hydrogen-bond acceptors (Lipinski definition) is 3. The Balaban J connectivity index is 2.12. The van der Waals surface area contributed by atoms with Crippen molar-refractivity contribution in [2.45, 2.75) is 19.3 Å². The molecule has 0 aliphatic heterocycles. The zero-order valence-corrected chi connectivity index (χ0v) is 13.4. The van der Waals surface area contributed by atoms with Crippen molar-refractivity contribution in [3.8, 4) is 0 Å². The van der Waals surface area contributed by atoms with Crippen LogP contribution in [0.15, 0.2) is 28.1 Å². The maximum Gasteiger partial charge on any atom is 0.125 e. The fraction of sp³-hybridized carbons (Fsp3) is 0.231. The Kier molecular flexibility index (Phi) is 3.60. The van der Waals surface area contributed by atoms with Crippen LogP contribution < -0.4 is 0 Å². The second-order valence-electron chi connectivity index (χ2n) is 4.26. The molecular weight excluding hydrogens is 346 g/mol. The van der Waals surface area contributed by atoms with Gasteiger partial charge in [-0.1, -0.05) is 15.9 Å². The van der Waals surface area contributed by atoms with Crippen LogP contribution in [0.2, 0.25) is 0 Å². The van der Waals surface area contributed by atoms with E-state index in [1.165, 1.54) is 0 Å². The van der Waals surface area contributed by atoms with Crippen LogP contribution in [0.5, 0.6) is 0 Å². The molecule has 6 heteroatoms. The molecule has 2 aromatic heterocycles. The minimum atomic E-state index is 0.399. The summed E-state index contributed by atoms with van der Waals surface area (Å²) in [6.07, 6.45) is 0. The van der Waals surface area contributed by atoms with Crippen LogP contribution in [-0.4, -0.2) is 14.5 Å². The molecule has 3 aromatic rings. The van der Waals surface area contributed by atoms with Gasteiger partial charge >= 0.3 is 0 Å². The topological polar surface area (TPSA) is 30.7 Å². The molecule has 98 valence electrons. The van der Waals surface area contributed by atoms with Crippen LogP contribution in [0.1, 0.15) is 16.5 Å². The summed E-state index contributed by atoms with van der Waals surface area (Å²) in [6.45, 7) is 2.72. The molecule has 0 fully saturated rings. The molecule has 19 heavy (non-hydrogen) atoms. The number of rotatable bonds is 3. The number of nitrogens with zero attached hydrogens (tertiary/aromatic N) is 3. The van der Waals surface area contributed by atoms with E-state index in [4.69, 9.17) is 11.6 Å². The van der Waals surface area contributed by atoms with Crippen molar-refractivity contribution < 1.29 is 0 Å². The van der Waals surface area contributed by atoms with Crippen LogP contribution in [0, 0.1) is 6.92 Å². The van der Waals surface area contributed by atoms with Crippen molar-refractivity contribution >= 4 is 49.9 Å². The fourth-order valence-corrected chi connectivity index (χ4v) is 3.35. The largest absolute Gasteiger partial charge is 0.320 e. The predicted molar refractivity (Wildman–Crippen MR) is 82.9 cm³/mol. The number of halogens is 2. The first-order valence-electron chi connectivity index (χ1n) is 5.79. The molecule has 3 nitrogen and oxygen atoms in total. The summed E-state index contributed by atoms with van der Waals surface area (Å²) >= 11 is 11.2. The number of hydrogen-bond donors (Lipinski definition) is 0. The first kappa shape index (κ1) is 13.1. The number of thiazole rings is 1. The van der Waals surface area contributed by atoms with Gasteiger partial charge in [0.2, 0.25) is 0 Å². The van der Waals surface area contributed by atoms with Gasteiger partial charge in [0, 0.05) is 15.5 Å². The second-order valence-corrected chi connectivity index (χ2v) is 6.39. The Labute approximate surface area is 128 Å². The highest BCUT2D eigenvalue weighted by molar-refractivity contribution is 9.10. The zero-order valence-electron chi connectivity index (χ0n) is 10.2. The Hall–Kier alpha value is -0.910. The van der Waals surface area contributed by atoms with Gasteiger partial charge in [-0.3, -0.25) is 0 Å². The summed E-state index contributed by atoms with van der Waals surface area (Å²) in [7, 11) is 0. The van der Waals surface area contributed by atoms with Gasteiger partial charge in [-0.05, 0) is 25.1 Å². The van der Waals surface area contributed by atoms with Gasteiger partial charge in [-0.15, -0.1) is 22.9 Å². The molecule has 0 saturated carbocycles. The number of benzene rings is 1. The molecule has 0 amide bonds. The van der Waals surface area contributed by atoms with E-state index in [1.54, 1.807) is 11.3 Å². The van der Waals surface area contributed by atoms with E-state index < -0.39 is 0 Å². The quantitative estimate of drug-likeness (QED) is 0.653. The highest BCUT2D eigenvalue weighted by atomic mass is 79.9. The van der Waals surface area contributed by atoms with Crippen molar-refractivity contribution in [2.24, 2.45) is 0 Å². The standard InChI is InChI=1S/C13H11BrClN3S/c1-8-7-19-13(16-8)6-18-11-4-9(14)2-3-10(11)17-12(18)5-15/h2-4,7H,5-6H2,1H3. The van der Waals surface area contributed by atoms with Crippen LogP contribution in [-0.2, 0) is 12.4 Å². The third-order valence-corrected chi connectivity index (χ3v) is 4.55. The number of fused-ring (bicyclic) bond motifs is 1. The average Bonchev–Trinajstić information content (AvgIpc) is 2.94. The summed E-state index contributed by atoms with van der Waals surface area (Å²) < 4.78 is 3.17. The van der Waals surface area contributed by atoms with Crippen molar-refractivity contribution in [3.63, 3.8) is 0 Å². The van der Waals surface area contributed by atoms with Crippen LogP contribution in [0.25, 0.3) is 11.0 Å². The number of alkyl halides is 1. The number of imidazole rings is 1. The Morgan fingerprint density at radius 3 is 2.89 bits per heavy atom. The third-order valence-electron chi connectivity index (χ3n) is 2.87. The van der Waals surface area contributed by atoms with Crippen molar-refractivity contribution in [3.05, 3.63) is 44.6 Å². The van der Waals surface area contributed by atoms with Crippen LogP contribution in [0.4, 0.5) is 0 Å². The van der Waals surface area contributed by atoms with E-state index in [0.29, 0.717) is 12.4 Å². The molecule has 0 N–H and O–H groups in total. The van der Waals surface area contributed by atoms with Crippen LogP contribution >= 0.6 is 38.9 Å². The summed E-state index contributed by atoms with van der Waals surface area (Å²) in [5.41, 5.74) is 3.10. The lowest BCUT2D eigenvalue weighted by atomic mass is 10.3. The lowest BCUT2D eigenvalue weighted by Gasteiger charge is -2.05. The van der Waals surface area contributed by atoms with Crippen molar-refractivity contribution in [1.29, 1.82) is 0 Å². The molecular formula is C13H11BrClN3S. The molecule has 0 aliphatic carbocycles. The SMILES string of the molecule is Cc1csc(Cn2c(CCl)nc3ccc(Br)cc32)n1. The van der Waals surface area contributed by atoms with Gasteiger partial charge in [0.1, 0.15) is 10.8 Å². The molecule has 0 radical (unpaired) electrons. The molecule has 0 unspecified atom stereocenters. The maximum absolute atomic E-state index is 6.00. The number of aryl methyl sites for hydroxylation is 1. The first-order chi connectivity index (χ1) is 9.17. The average molecular weight is 357 g/mol. The van der Waals surface area contributed by atoms with E-state index in [2.05, 4.69) is 41.9 Å². The second kappa shape index (κ2) is 5.23. The molecule has 0 bridgehead atoms. The number of aromatic nitrogens is 3. The fourth-order valence-electron chi connectivity index (χ4n) is 2.03. The molecule has 1 aromatic carbocycles. The van der Waals surface area contributed by atoms with Gasteiger partial charge in [0.15, 0.2) is 0 Å². The maximum atomic E-state index is 6.00. The lowest BCUT2D eigenvalue weighted by Crippen LogP contribution is -2.03. The highest BCUT2D eigenvalue weighted by Crippen LogP contribution is 2.23. The Morgan fingerprint density at radius 2 is 2.21 bits per heavy atom. The predicted octanol–water partition coefficient (Wildman–Crippen LogP) is 4.35. The highest BCUT2D eigenvalue weighted by Gasteiger charge is 2.12. The third kappa shape index (κ3) is 2.55. The molecule has 3 rings (SSSR count). The van der Waals surface area contributed by atoms with E-state index >= 15 is 0 Å². The molecule has 2 heterocycles. The van der Waals surface area contributed by atoms with Gasteiger partial charge < -0.3 is 4.57 Å². The van der Waals surface area contributed by atoms with E-state index in [9.17, 15) is 0 Å². The lowest BCUT2D eigenvalue weighted by molar-refractivity contribution is 0.771. The molecule has 0 spiro atoms. The minimum absolute atomic E-state index is 0.399. The Morgan fingerprint density at radius 1 is 1.37 bits per heavy atom. The van der Waals surface area contributed by atoms with Crippen molar-refractivity contribution in [2.75, 3.05) is 0 Å².